The quantitative estimate of drug-likeness (QED) is 0.711. The van der Waals surface area contributed by atoms with Crippen LogP contribution in [0.2, 0.25) is 0 Å². The third-order valence-corrected chi connectivity index (χ3v) is 3.02. The molecule has 6 heteroatoms. The summed E-state index contributed by atoms with van der Waals surface area (Å²) in [5, 5.41) is 3.33. The minimum Gasteiger partial charge on any atom is -0.358 e. The lowest BCUT2D eigenvalue weighted by atomic mass is 10.3. The second-order valence-corrected chi connectivity index (χ2v) is 4.28. The summed E-state index contributed by atoms with van der Waals surface area (Å²) in [5.74, 6) is 0.726. The predicted molar refractivity (Wildman–Crippen MR) is 67.4 cm³/mol. The van der Waals surface area contributed by atoms with Crippen LogP contribution in [-0.4, -0.2) is 61.2 Å². The maximum Gasteiger partial charge on any atom is 0.252 e. The Balaban J connectivity index is 1.84. The van der Waals surface area contributed by atoms with E-state index in [1.807, 2.05) is 11.9 Å². The highest BCUT2D eigenvalue weighted by Crippen LogP contribution is 2.03. The van der Waals surface area contributed by atoms with Crippen LogP contribution in [0, 0.1) is 0 Å². The standard InChI is InChI=1S/C11H19N5O/c1-15(10-8-11(17)14-9-13-10)6-7-16-4-2-12-3-5-16/h8-9,12H,2-7H2,1H3,(H,13,14,17). The van der Waals surface area contributed by atoms with E-state index < -0.39 is 0 Å². The molecule has 0 aliphatic carbocycles. The lowest BCUT2D eigenvalue weighted by molar-refractivity contribution is 0.246. The fraction of sp³-hybridized carbons (Fsp3) is 0.636. The van der Waals surface area contributed by atoms with E-state index >= 15 is 0 Å². The normalized spacial score (nSPS) is 17.0. The van der Waals surface area contributed by atoms with Crippen LogP contribution in [0.3, 0.4) is 0 Å². The first-order chi connectivity index (χ1) is 8.25. The highest BCUT2D eigenvalue weighted by Gasteiger charge is 2.10. The largest absolute Gasteiger partial charge is 0.358 e. The van der Waals surface area contributed by atoms with Gasteiger partial charge in [-0.25, -0.2) is 4.98 Å². The lowest BCUT2D eigenvalue weighted by Crippen LogP contribution is -2.46. The Morgan fingerprint density at radius 2 is 2.24 bits per heavy atom. The number of rotatable bonds is 4. The summed E-state index contributed by atoms with van der Waals surface area (Å²) in [6.45, 7) is 6.20. The highest BCUT2D eigenvalue weighted by atomic mass is 16.1. The van der Waals surface area contributed by atoms with Gasteiger partial charge in [0.05, 0.1) is 6.33 Å². The molecule has 2 heterocycles. The SMILES string of the molecule is CN(CCN1CCNCC1)c1cc(=O)[nH]cn1. The Morgan fingerprint density at radius 3 is 2.94 bits per heavy atom. The Morgan fingerprint density at radius 1 is 1.47 bits per heavy atom. The molecular formula is C11H19N5O. The molecule has 6 nitrogen and oxygen atoms in total. The molecule has 0 bridgehead atoms. The van der Waals surface area contributed by atoms with Crippen molar-refractivity contribution in [3.8, 4) is 0 Å². The van der Waals surface area contributed by atoms with Gasteiger partial charge in [-0.15, -0.1) is 0 Å². The number of anilines is 1. The molecular weight excluding hydrogens is 218 g/mol. The van der Waals surface area contributed by atoms with Gasteiger partial charge in [0.2, 0.25) is 0 Å². The maximum atomic E-state index is 11.2. The van der Waals surface area contributed by atoms with Crippen molar-refractivity contribution < 1.29 is 0 Å². The number of nitrogens with zero attached hydrogens (tertiary/aromatic N) is 3. The Hall–Kier alpha value is -1.40. The van der Waals surface area contributed by atoms with Gasteiger partial charge in [0.1, 0.15) is 5.82 Å². The molecule has 2 N–H and O–H groups in total. The molecule has 1 aliphatic heterocycles. The number of H-pyrrole nitrogens is 1. The monoisotopic (exact) mass is 237 g/mol. The second kappa shape index (κ2) is 5.79. The smallest absolute Gasteiger partial charge is 0.252 e. The van der Waals surface area contributed by atoms with Crippen LogP contribution in [0.25, 0.3) is 0 Å². The van der Waals surface area contributed by atoms with E-state index in [1.54, 1.807) is 0 Å². The number of nitrogens with one attached hydrogen (secondary N) is 2. The summed E-state index contributed by atoms with van der Waals surface area (Å²) in [4.78, 5) is 22.3. The molecule has 0 spiro atoms. The summed E-state index contributed by atoms with van der Waals surface area (Å²) >= 11 is 0. The zero-order valence-electron chi connectivity index (χ0n) is 10.1. The third kappa shape index (κ3) is 3.54. The van der Waals surface area contributed by atoms with E-state index in [0.29, 0.717) is 0 Å². The Bertz CT molecular complexity index is 399. The van der Waals surface area contributed by atoms with Gasteiger partial charge in [0.25, 0.3) is 5.56 Å². The highest BCUT2D eigenvalue weighted by molar-refractivity contribution is 5.34. The van der Waals surface area contributed by atoms with Crippen LogP contribution in [0.4, 0.5) is 5.82 Å². The molecule has 1 fully saturated rings. The van der Waals surface area contributed by atoms with Crippen LogP contribution in [0.5, 0.6) is 0 Å². The fourth-order valence-corrected chi connectivity index (χ4v) is 1.91. The molecule has 1 saturated heterocycles. The van der Waals surface area contributed by atoms with Gasteiger partial charge in [0, 0.05) is 52.4 Å². The molecule has 1 aliphatic rings. The van der Waals surface area contributed by atoms with Crippen LogP contribution in [-0.2, 0) is 0 Å². The number of hydrogen-bond donors (Lipinski definition) is 2. The first-order valence-corrected chi connectivity index (χ1v) is 5.94. The summed E-state index contributed by atoms with van der Waals surface area (Å²) in [6.07, 6.45) is 1.44. The summed E-state index contributed by atoms with van der Waals surface area (Å²) < 4.78 is 0. The minimum absolute atomic E-state index is 0.107. The molecule has 0 saturated carbocycles. The van der Waals surface area contributed by atoms with E-state index in [9.17, 15) is 4.79 Å². The lowest BCUT2D eigenvalue weighted by Gasteiger charge is -2.29. The zero-order chi connectivity index (χ0) is 12.1. The van der Waals surface area contributed by atoms with E-state index in [1.165, 1.54) is 12.4 Å². The summed E-state index contributed by atoms with van der Waals surface area (Å²) in [5.41, 5.74) is -0.107. The van der Waals surface area contributed by atoms with Gasteiger partial charge in [-0.3, -0.25) is 9.69 Å². The van der Waals surface area contributed by atoms with Gasteiger partial charge in [0.15, 0.2) is 0 Å². The number of aromatic amines is 1. The van der Waals surface area contributed by atoms with Crippen molar-refractivity contribution in [3.63, 3.8) is 0 Å². The maximum absolute atomic E-state index is 11.2. The van der Waals surface area contributed by atoms with Crippen molar-refractivity contribution >= 4 is 5.82 Å². The second-order valence-electron chi connectivity index (χ2n) is 4.28. The zero-order valence-corrected chi connectivity index (χ0v) is 10.1. The number of likely N-dealkylation sites (N-methyl/N-ethyl adjacent to an activating group) is 1. The van der Waals surface area contributed by atoms with Crippen molar-refractivity contribution in [2.24, 2.45) is 0 Å². The van der Waals surface area contributed by atoms with Crippen molar-refractivity contribution in [2.45, 2.75) is 0 Å². The van der Waals surface area contributed by atoms with Crippen molar-refractivity contribution in [1.82, 2.24) is 20.2 Å². The fourth-order valence-electron chi connectivity index (χ4n) is 1.91. The summed E-state index contributed by atoms with van der Waals surface area (Å²) in [6, 6.07) is 1.53. The van der Waals surface area contributed by atoms with Gasteiger partial charge in [-0.05, 0) is 0 Å². The van der Waals surface area contributed by atoms with Crippen LogP contribution >= 0.6 is 0 Å². The van der Waals surface area contributed by atoms with Gasteiger partial charge < -0.3 is 15.2 Å². The summed E-state index contributed by atoms with van der Waals surface area (Å²) in [7, 11) is 1.96. The van der Waals surface area contributed by atoms with E-state index in [0.717, 1.165) is 45.1 Å². The van der Waals surface area contributed by atoms with Gasteiger partial charge in [-0.2, -0.15) is 0 Å². The molecule has 1 aromatic heterocycles. The third-order valence-electron chi connectivity index (χ3n) is 3.02. The molecule has 0 amide bonds. The van der Waals surface area contributed by atoms with E-state index in [2.05, 4.69) is 20.2 Å². The van der Waals surface area contributed by atoms with Crippen LogP contribution in [0.1, 0.15) is 0 Å². The molecule has 1 aromatic rings. The molecule has 0 aromatic carbocycles. The topological polar surface area (TPSA) is 64.3 Å². The van der Waals surface area contributed by atoms with Crippen molar-refractivity contribution in [2.75, 3.05) is 51.2 Å². The van der Waals surface area contributed by atoms with Crippen molar-refractivity contribution in [3.05, 3.63) is 22.7 Å². The number of aromatic nitrogens is 2. The van der Waals surface area contributed by atoms with E-state index in [4.69, 9.17) is 0 Å². The van der Waals surface area contributed by atoms with Crippen LogP contribution < -0.4 is 15.8 Å². The Labute approximate surface area is 101 Å². The average Bonchev–Trinajstić information content (AvgIpc) is 2.37. The Kier molecular flexibility index (Phi) is 4.11. The van der Waals surface area contributed by atoms with Crippen LogP contribution in [0.15, 0.2) is 17.2 Å². The minimum atomic E-state index is -0.107. The van der Waals surface area contributed by atoms with Gasteiger partial charge in [-0.1, -0.05) is 0 Å². The molecule has 17 heavy (non-hydrogen) atoms. The molecule has 0 atom stereocenters. The predicted octanol–water partition coefficient (Wildman–Crippen LogP) is -0.889. The van der Waals surface area contributed by atoms with Gasteiger partial charge >= 0.3 is 0 Å². The first-order valence-electron chi connectivity index (χ1n) is 5.94. The average molecular weight is 237 g/mol. The first kappa shape index (κ1) is 12.1. The molecule has 2 rings (SSSR count). The van der Waals surface area contributed by atoms with E-state index in [-0.39, 0.29) is 5.56 Å². The molecule has 94 valence electrons. The molecule has 0 unspecified atom stereocenters. The number of piperazine rings is 1. The number of hydrogen-bond acceptors (Lipinski definition) is 5. The van der Waals surface area contributed by atoms with Crippen molar-refractivity contribution in [1.29, 1.82) is 0 Å². The molecule has 0 radical (unpaired) electrons.